The van der Waals surface area contributed by atoms with Gasteiger partial charge < -0.3 is 15.1 Å². The third-order valence-corrected chi connectivity index (χ3v) is 4.92. The van der Waals surface area contributed by atoms with Gasteiger partial charge in [0.05, 0.1) is 10.9 Å². The first-order valence-corrected chi connectivity index (χ1v) is 8.52. The molecule has 1 aliphatic rings. The third kappa shape index (κ3) is 2.94. The first-order valence-electron chi connectivity index (χ1n) is 7.64. The number of amides is 1. The van der Waals surface area contributed by atoms with Crippen molar-refractivity contribution in [2.75, 3.05) is 13.1 Å². The summed E-state index contributed by atoms with van der Waals surface area (Å²) < 4.78 is 5.68. The van der Waals surface area contributed by atoms with Crippen LogP contribution >= 0.6 is 11.3 Å². The normalized spacial score (nSPS) is 21.5. The van der Waals surface area contributed by atoms with E-state index < -0.39 is 0 Å². The molecule has 1 saturated heterocycles. The first kappa shape index (κ1) is 15.2. The fourth-order valence-electron chi connectivity index (χ4n) is 2.85. The average Bonchev–Trinajstić information content (AvgIpc) is 3.19. The Balaban J connectivity index is 1.71. The van der Waals surface area contributed by atoms with Crippen molar-refractivity contribution < 1.29 is 9.21 Å². The molecular formula is C16H21N3O2S. The average molecular weight is 319 g/mol. The topological polar surface area (TPSA) is 72.4 Å². The number of furan rings is 1. The van der Waals surface area contributed by atoms with Gasteiger partial charge >= 0.3 is 0 Å². The van der Waals surface area contributed by atoms with Gasteiger partial charge in [-0.2, -0.15) is 0 Å². The number of aromatic nitrogens is 1. The molecule has 2 atom stereocenters. The lowest BCUT2D eigenvalue weighted by atomic mass is 10.0. The largest absolute Gasteiger partial charge is 0.466 e. The van der Waals surface area contributed by atoms with Crippen molar-refractivity contribution >= 4 is 17.2 Å². The Labute approximate surface area is 134 Å². The van der Waals surface area contributed by atoms with E-state index in [0.29, 0.717) is 18.8 Å². The first-order chi connectivity index (χ1) is 10.6. The van der Waals surface area contributed by atoms with Crippen LogP contribution in [-0.2, 0) is 6.42 Å². The number of carbonyl (C=O) groups is 1. The fraction of sp³-hybridized carbons (Fsp3) is 0.500. The van der Waals surface area contributed by atoms with E-state index in [2.05, 4.69) is 11.9 Å². The van der Waals surface area contributed by atoms with Crippen molar-refractivity contribution in [3.63, 3.8) is 0 Å². The van der Waals surface area contributed by atoms with Gasteiger partial charge in [0.25, 0.3) is 5.91 Å². The van der Waals surface area contributed by atoms with Crippen molar-refractivity contribution in [2.24, 2.45) is 5.73 Å². The Hall–Kier alpha value is -1.66. The molecule has 3 rings (SSSR count). The van der Waals surface area contributed by atoms with Crippen molar-refractivity contribution in [3.05, 3.63) is 39.7 Å². The second-order valence-corrected chi connectivity index (χ2v) is 6.75. The highest BCUT2D eigenvalue weighted by Crippen LogP contribution is 2.29. The van der Waals surface area contributed by atoms with Crippen LogP contribution in [0.15, 0.2) is 21.9 Å². The number of thiazole rings is 1. The SMILES string of the molecule is CCCc1nc(C(=O)N2C[C@@H](N)[C@H](c3ccc(C)o3)C2)cs1. The molecule has 0 aromatic carbocycles. The molecule has 0 saturated carbocycles. The number of nitrogens with zero attached hydrogens (tertiary/aromatic N) is 2. The lowest BCUT2D eigenvalue weighted by Gasteiger charge is -2.14. The third-order valence-electron chi connectivity index (χ3n) is 4.01. The molecule has 2 N–H and O–H groups in total. The van der Waals surface area contributed by atoms with E-state index >= 15 is 0 Å². The van der Waals surface area contributed by atoms with Crippen LogP contribution < -0.4 is 5.73 Å². The molecule has 22 heavy (non-hydrogen) atoms. The Kier molecular flexibility index (Phi) is 4.31. The lowest BCUT2D eigenvalue weighted by molar-refractivity contribution is 0.0783. The Morgan fingerprint density at radius 3 is 3.00 bits per heavy atom. The van der Waals surface area contributed by atoms with Gasteiger partial charge in [-0.05, 0) is 31.9 Å². The molecule has 0 aliphatic carbocycles. The molecule has 0 unspecified atom stereocenters. The fourth-order valence-corrected chi connectivity index (χ4v) is 3.72. The van der Waals surface area contributed by atoms with Crippen LogP contribution in [0.5, 0.6) is 0 Å². The zero-order valence-corrected chi connectivity index (χ0v) is 13.7. The molecule has 2 aromatic heterocycles. The molecule has 1 fully saturated rings. The van der Waals surface area contributed by atoms with Gasteiger partial charge in [-0.1, -0.05) is 6.92 Å². The van der Waals surface area contributed by atoms with E-state index in [1.54, 1.807) is 16.2 Å². The number of hydrogen-bond donors (Lipinski definition) is 1. The number of aryl methyl sites for hydroxylation is 2. The summed E-state index contributed by atoms with van der Waals surface area (Å²) in [7, 11) is 0. The molecule has 5 nitrogen and oxygen atoms in total. The highest BCUT2D eigenvalue weighted by atomic mass is 32.1. The van der Waals surface area contributed by atoms with E-state index in [1.165, 1.54) is 0 Å². The second-order valence-electron chi connectivity index (χ2n) is 5.81. The maximum Gasteiger partial charge on any atom is 0.273 e. The number of hydrogen-bond acceptors (Lipinski definition) is 5. The summed E-state index contributed by atoms with van der Waals surface area (Å²) in [5.41, 5.74) is 6.75. The van der Waals surface area contributed by atoms with Crippen molar-refractivity contribution in [2.45, 2.75) is 38.6 Å². The molecule has 118 valence electrons. The summed E-state index contributed by atoms with van der Waals surface area (Å²) in [6.45, 7) is 5.16. The summed E-state index contributed by atoms with van der Waals surface area (Å²) in [6, 6.07) is 3.79. The second kappa shape index (κ2) is 6.22. The number of rotatable bonds is 4. The van der Waals surface area contributed by atoms with E-state index in [9.17, 15) is 4.79 Å². The van der Waals surface area contributed by atoms with E-state index in [4.69, 9.17) is 10.2 Å². The molecule has 2 aromatic rings. The van der Waals surface area contributed by atoms with Crippen LogP contribution in [0.3, 0.4) is 0 Å². The molecule has 1 amide bonds. The van der Waals surface area contributed by atoms with E-state index in [0.717, 1.165) is 29.4 Å². The summed E-state index contributed by atoms with van der Waals surface area (Å²) in [5, 5.41) is 2.87. The van der Waals surface area contributed by atoms with Gasteiger partial charge in [-0.15, -0.1) is 11.3 Å². The number of nitrogens with two attached hydrogens (primary N) is 1. The Morgan fingerprint density at radius 2 is 2.32 bits per heavy atom. The monoisotopic (exact) mass is 319 g/mol. The maximum atomic E-state index is 12.6. The van der Waals surface area contributed by atoms with Gasteiger partial charge in [0.1, 0.15) is 17.2 Å². The molecule has 1 aliphatic heterocycles. The van der Waals surface area contributed by atoms with Gasteiger partial charge in [-0.25, -0.2) is 4.98 Å². The van der Waals surface area contributed by atoms with Gasteiger partial charge in [0.15, 0.2) is 0 Å². The van der Waals surface area contributed by atoms with Crippen molar-refractivity contribution in [1.82, 2.24) is 9.88 Å². The summed E-state index contributed by atoms with van der Waals surface area (Å²) >= 11 is 1.55. The lowest BCUT2D eigenvalue weighted by Crippen LogP contribution is -2.32. The molecule has 0 radical (unpaired) electrons. The minimum atomic E-state index is -0.0942. The van der Waals surface area contributed by atoms with Crippen LogP contribution in [0.2, 0.25) is 0 Å². The van der Waals surface area contributed by atoms with Crippen LogP contribution in [0.4, 0.5) is 0 Å². The van der Waals surface area contributed by atoms with Crippen LogP contribution in [0, 0.1) is 6.92 Å². The molecule has 3 heterocycles. The summed E-state index contributed by atoms with van der Waals surface area (Å²) in [6.07, 6.45) is 1.96. The minimum absolute atomic E-state index is 0.0279. The van der Waals surface area contributed by atoms with Crippen LogP contribution in [0.1, 0.15) is 46.3 Å². The Morgan fingerprint density at radius 1 is 1.50 bits per heavy atom. The van der Waals surface area contributed by atoms with Gasteiger partial charge in [0.2, 0.25) is 0 Å². The van der Waals surface area contributed by atoms with Crippen LogP contribution in [0.25, 0.3) is 0 Å². The van der Waals surface area contributed by atoms with Crippen molar-refractivity contribution in [1.29, 1.82) is 0 Å². The van der Waals surface area contributed by atoms with E-state index in [-0.39, 0.29) is 17.9 Å². The van der Waals surface area contributed by atoms with Crippen LogP contribution in [-0.4, -0.2) is 34.9 Å². The standard InChI is InChI=1S/C16H21N3O2S/c1-3-4-15-18-13(9-22-15)16(20)19-7-11(12(17)8-19)14-6-5-10(2)21-14/h5-6,9,11-12H,3-4,7-8,17H2,1-2H3/t11-,12-/m1/s1. The highest BCUT2D eigenvalue weighted by molar-refractivity contribution is 7.09. The van der Waals surface area contributed by atoms with Gasteiger partial charge in [-0.3, -0.25) is 4.79 Å². The minimum Gasteiger partial charge on any atom is -0.466 e. The maximum absolute atomic E-state index is 12.6. The Bertz CT molecular complexity index is 664. The summed E-state index contributed by atoms with van der Waals surface area (Å²) in [5.74, 6) is 1.77. The molecule has 0 spiro atoms. The highest BCUT2D eigenvalue weighted by Gasteiger charge is 2.36. The van der Waals surface area contributed by atoms with Gasteiger partial charge in [0, 0.05) is 24.5 Å². The molecule has 6 heteroatoms. The zero-order chi connectivity index (χ0) is 15.7. The van der Waals surface area contributed by atoms with Crippen molar-refractivity contribution in [3.8, 4) is 0 Å². The quantitative estimate of drug-likeness (QED) is 0.940. The predicted octanol–water partition coefficient (Wildman–Crippen LogP) is 2.56. The molecule has 0 bridgehead atoms. The van der Waals surface area contributed by atoms with E-state index in [1.807, 2.05) is 24.4 Å². The smallest absolute Gasteiger partial charge is 0.273 e. The predicted molar refractivity (Wildman–Crippen MR) is 86.2 cm³/mol. The summed E-state index contributed by atoms with van der Waals surface area (Å²) in [4.78, 5) is 18.8. The zero-order valence-electron chi connectivity index (χ0n) is 12.9. The number of likely N-dealkylation sites (tertiary alicyclic amines) is 1. The molecular weight excluding hydrogens is 298 g/mol. The number of carbonyl (C=O) groups excluding carboxylic acids is 1.